The van der Waals surface area contributed by atoms with E-state index in [0.717, 1.165) is 0 Å². The van der Waals surface area contributed by atoms with E-state index in [9.17, 15) is 0 Å². The van der Waals surface area contributed by atoms with E-state index in [2.05, 4.69) is 0 Å². The van der Waals surface area contributed by atoms with Gasteiger partial charge in [-0.15, -0.1) is 0 Å². The van der Waals surface area contributed by atoms with Gasteiger partial charge in [0.2, 0.25) is 0 Å². The molecule has 0 aliphatic carbocycles. The molecule has 0 spiro atoms. The van der Waals surface area contributed by atoms with Crippen LogP contribution in [0.15, 0.2) is 0 Å². The molecule has 8 heavy (non-hydrogen) atoms. The van der Waals surface area contributed by atoms with Crippen LogP contribution in [-0.2, 0) is 0 Å². The van der Waals surface area contributed by atoms with Crippen molar-refractivity contribution in [3.8, 4) is 0 Å². The molecule has 0 unspecified atom stereocenters. The molecule has 0 N–H and O–H groups in total. The zero-order valence-corrected chi connectivity index (χ0v) is 34.0. The molecule has 0 atom stereocenters. The monoisotopic (exact) mass is 988 g/mol. The van der Waals surface area contributed by atoms with Crippen LogP contribution in [0.5, 0.6) is 0 Å². The van der Waals surface area contributed by atoms with Gasteiger partial charge in [0.1, 0.15) is 0 Å². The molecule has 20 radical (unpaired) electrons. The van der Waals surface area contributed by atoms with Crippen LogP contribution < -0.4 is 0 Å². The Labute approximate surface area is 302 Å². The fraction of sp³-hybridized carbons (Fsp3) is 0. The molecule has 0 saturated heterocycles. The maximum Gasteiger partial charge on any atom is 0 e. The smallest absolute Gasteiger partial charge is 0 e. The number of rotatable bonds is 0. The first-order valence-electron chi connectivity index (χ1n) is 0. The van der Waals surface area contributed by atoms with Gasteiger partial charge in [0.05, 0.1) is 0 Å². The van der Waals surface area contributed by atoms with E-state index in [4.69, 9.17) is 0 Å². The average molecular weight is 985 g/mol. The summed E-state index contributed by atoms with van der Waals surface area (Å²) in [4.78, 5) is 0. The minimum absolute atomic E-state index is 0. The molecule has 0 amide bonds. The molecule has 0 aliphatic heterocycles. The Morgan fingerprint density at radius 2 is 0.250 bits per heavy atom. The second-order valence-electron chi connectivity index (χ2n) is 0. The molecular weight excluding hydrogens is 985 g/mol. The van der Waals surface area contributed by atoms with Crippen molar-refractivity contribution in [2.24, 2.45) is 0 Å². The normalized spacial score (nSPS) is 0. The first kappa shape index (κ1) is 51.7. The Morgan fingerprint density at radius 1 is 0.250 bits per heavy atom. The summed E-state index contributed by atoms with van der Waals surface area (Å²) >= 11 is 0. The fourth-order valence-corrected chi connectivity index (χ4v) is 0. The van der Waals surface area contributed by atoms with Gasteiger partial charge < -0.3 is 0 Å². The Kier molecular flexibility index (Phi) is 280. The topological polar surface area (TPSA) is 0 Å². The van der Waals surface area contributed by atoms with Crippen LogP contribution in [0.2, 0.25) is 0 Å². The Morgan fingerprint density at radius 3 is 0.250 bits per heavy atom. The molecule has 0 rings (SSSR count). The van der Waals surface area contributed by atoms with Gasteiger partial charge in [-0.2, -0.15) is 0 Å². The Bertz CT molecular complexity index is 8.00. The second kappa shape index (κ2) is 43.4. The van der Waals surface area contributed by atoms with Crippen LogP contribution in [0.1, 0.15) is 0 Å². The predicted octanol–water partition coefficient (Wildman–Crippen LogP) is -3.05. The van der Waals surface area contributed by atoms with Crippen molar-refractivity contribution in [1.82, 2.24) is 0 Å². The molecule has 0 bridgehead atoms. The molecule has 0 saturated carbocycles. The molecule has 0 aromatic heterocycles. The minimum Gasteiger partial charge on any atom is 0 e. The summed E-state index contributed by atoms with van der Waals surface area (Å²) in [7, 11) is 0. The van der Waals surface area contributed by atoms with Crippen molar-refractivity contribution < 1.29 is 0 Å². The summed E-state index contributed by atoms with van der Waals surface area (Å²) in [5.74, 6) is 0. The van der Waals surface area contributed by atoms with Crippen molar-refractivity contribution >= 4 is 315 Å². The van der Waals surface area contributed by atoms with Gasteiger partial charge in [-0.05, 0) is 0 Å². The van der Waals surface area contributed by atoms with Gasteiger partial charge in [0, 0.05) is 315 Å². The van der Waals surface area contributed by atoms with Gasteiger partial charge in [-0.25, -0.2) is 0 Å². The van der Waals surface area contributed by atoms with Crippen LogP contribution in [0.25, 0.3) is 0 Å². The number of hydrogen-bond acceptors (Lipinski definition) is 0. The van der Waals surface area contributed by atoms with E-state index in [-0.39, 0.29) is 315 Å². The summed E-state index contributed by atoms with van der Waals surface area (Å²) in [6.07, 6.45) is 0. The molecule has 0 heterocycles. The van der Waals surface area contributed by atoms with Crippen LogP contribution in [0.3, 0.4) is 0 Å². The Hall–Kier alpha value is 10.2. The van der Waals surface area contributed by atoms with Crippen LogP contribution >= 0.6 is 0 Å². The van der Waals surface area contributed by atoms with Crippen LogP contribution in [0, 0.1) is 0 Å². The maximum atomic E-state index is 0. The number of hydrogen-bond donors (Lipinski definition) is 0. The molecule has 0 aromatic rings. The van der Waals surface area contributed by atoms with E-state index in [1.807, 2.05) is 0 Å². The van der Waals surface area contributed by atoms with Gasteiger partial charge in [-0.1, -0.05) is 0 Å². The van der Waals surface area contributed by atoms with Gasteiger partial charge in [-0.3, -0.25) is 0 Å². The zero-order valence-electron chi connectivity index (χ0n) is 6.00. The van der Waals surface area contributed by atoms with Crippen molar-refractivity contribution in [1.29, 1.82) is 0 Å². The summed E-state index contributed by atoms with van der Waals surface area (Å²) in [6.45, 7) is 0. The van der Waals surface area contributed by atoms with E-state index in [0.29, 0.717) is 0 Å². The first-order chi connectivity index (χ1) is 0. The van der Waals surface area contributed by atoms with Crippen molar-refractivity contribution in [2.45, 2.75) is 0 Å². The van der Waals surface area contributed by atoms with E-state index < -0.39 is 0 Å². The third kappa shape index (κ3) is 36.0. The summed E-state index contributed by atoms with van der Waals surface area (Å²) in [5, 5.41) is 0. The quantitative estimate of drug-likeness (QED) is 0.227. The standard InChI is InChI=1S/4K.4Pb. The van der Waals surface area contributed by atoms with E-state index >= 15 is 0 Å². The molecule has 0 aromatic carbocycles. The van der Waals surface area contributed by atoms with Gasteiger partial charge >= 0.3 is 0 Å². The SMILES string of the molecule is [K].[K].[K].[K].[Pb].[Pb].[Pb].[Pb]. The van der Waals surface area contributed by atoms with Crippen molar-refractivity contribution in [2.75, 3.05) is 0 Å². The maximum absolute atomic E-state index is 0. The molecule has 0 fully saturated rings. The minimum atomic E-state index is 0. The van der Waals surface area contributed by atoms with Crippen LogP contribution in [-0.4, -0.2) is 315 Å². The largest absolute Gasteiger partial charge is 0 e. The summed E-state index contributed by atoms with van der Waals surface area (Å²) < 4.78 is 0. The van der Waals surface area contributed by atoms with Crippen molar-refractivity contribution in [3.05, 3.63) is 0 Å². The van der Waals surface area contributed by atoms with Crippen molar-refractivity contribution in [3.63, 3.8) is 0 Å². The third-order valence-corrected chi connectivity index (χ3v) is 0. The Balaban J connectivity index is 0. The summed E-state index contributed by atoms with van der Waals surface area (Å²) in [5.41, 5.74) is 0. The molecule has 20 valence electrons. The van der Waals surface area contributed by atoms with Crippen LogP contribution in [0.4, 0.5) is 0 Å². The van der Waals surface area contributed by atoms with Gasteiger partial charge in [0.25, 0.3) is 0 Å². The molecular formula is K4Pb4. The molecule has 0 aliphatic rings. The van der Waals surface area contributed by atoms with E-state index in [1.54, 1.807) is 0 Å². The predicted molar refractivity (Wildman–Crippen MR) is 46.0 cm³/mol. The van der Waals surface area contributed by atoms with E-state index in [1.165, 1.54) is 0 Å². The second-order valence-corrected chi connectivity index (χ2v) is 0. The fourth-order valence-electron chi connectivity index (χ4n) is 0. The average Bonchev–Trinajstić information content (AvgIpc) is 0. The zero-order chi connectivity index (χ0) is 0. The molecule has 0 nitrogen and oxygen atoms in total. The third-order valence-electron chi connectivity index (χ3n) is 0. The molecule has 8 heteroatoms. The summed E-state index contributed by atoms with van der Waals surface area (Å²) in [6, 6.07) is 0. The first-order valence-corrected chi connectivity index (χ1v) is 0. The van der Waals surface area contributed by atoms with Gasteiger partial charge in [0.15, 0.2) is 0 Å².